The summed E-state index contributed by atoms with van der Waals surface area (Å²) < 4.78 is 0. The fourth-order valence-corrected chi connectivity index (χ4v) is 4.68. The topological polar surface area (TPSA) is 0 Å². The Morgan fingerprint density at radius 2 is 0.923 bits per heavy atom. The van der Waals surface area contributed by atoms with Crippen LogP contribution in [0, 0.1) is 0 Å². The predicted molar refractivity (Wildman–Crippen MR) is 60.7 cm³/mol. The third kappa shape index (κ3) is 3.24. The van der Waals surface area contributed by atoms with E-state index in [1.807, 2.05) is 8.58 Å². The Morgan fingerprint density at radius 3 is 1.38 bits per heavy atom. The van der Waals surface area contributed by atoms with Crippen LogP contribution < -0.4 is 0 Å². The molecule has 1 heteroatoms. The highest BCUT2D eigenvalue weighted by atomic mass is 31.1. The van der Waals surface area contributed by atoms with Gasteiger partial charge in [0.15, 0.2) is 0 Å². The molecule has 75 valence electrons. The lowest BCUT2D eigenvalue weighted by atomic mass is 10.2. The Morgan fingerprint density at radius 1 is 0.538 bits per heavy atom. The zero-order valence-electron chi connectivity index (χ0n) is 8.67. The number of hydrogen-bond acceptors (Lipinski definition) is 0. The lowest BCUT2D eigenvalue weighted by Gasteiger charge is -2.17. The van der Waals surface area contributed by atoms with Gasteiger partial charge in [-0.05, 0) is 37.0 Å². The van der Waals surface area contributed by atoms with Gasteiger partial charge in [0, 0.05) is 0 Å². The molecule has 2 rings (SSSR count). The van der Waals surface area contributed by atoms with E-state index in [9.17, 15) is 0 Å². The Labute approximate surface area is 84.7 Å². The molecule has 0 bridgehead atoms. The van der Waals surface area contributed by atoms with Gasteiger partial charge in [0.1, 0.15) is 0 Å². The largest absolute Gasteiger partial charge is 0.0741 e. The van der Waals surface area contributed by atoms with Gasteiger partial charge in [-0.1, -0.05) is 47.1 Å². The van der Waals surface area contributed by atoms with Crippen molar-refractivity contribution in [1.29, 1.82) is 0 Å². The molecule has 0 nitrogen and oxygen atoms in total. The molecule has 1 radical (unpaired) electrons. The van der Waals surface area contributed by atoms with Crippen molar-refractivity contribution in [3.8, 4) is 0 Å². The molecule has 2 aliphatic carbocycles. The van der Waals surface area contributed by atoms with Crippen molar-refractivity contribution in [3.63, 3.8) is 0 Å². The van der Waals surface area contributed by atoms with Crippen molar-refractivity contribution in [2.75, 3.05) is 0 Å². The van der Waals surface area contributed by atoms with Crippen molar-refractivity contribution in [3.05, 3.63) is 0 Å². The van der Waals surface area contributed by atoms with Crippen LogP contribution in [-0.2, 0) is 0 Å². The molecular formula is C12H22P. The highest BCUT2D eigenvalue weighted by molar-refractivity contribution is 7.39. The Balaban J connectivity index is 1.71. The van der Waals surface area contributed by atoms with Crippen molar-refractivity contribution < 1.29 is 0 Å². The third-order valence-corrected chi connectivity index (χ3v) is 5.45. The van der Waals surface area contributed by atoms with Crippen molar-refractivity contribution in [2.45, 2.75) is 75.5 Å². The molecule has 0 atom stereocenters. The van der Waals surface area contributed by atoms with Crippen LogP contribution in [0.15, 0.2) is 0 Å². The fourth-order valence-electron chi connectivity index (χ4n) is 2.76. The van der Waals surface area contributed by atoms with E-state index in [2.05, 4.69) is 0 Å². The minimum Gasteiger partial charge on any atom is -0.0741 e. The standard InChI is InChI=1S/C12H22P/c1-2-4-8-11(7-3-1)13-12-9-5-6-10-12/h11-12H,1-10H2. The minimum atomic E-state index is 1.09. The summed E-state index contributed by atoms with van der Waals surface area (Å²) in [7, 11) is 1.84. The maximum Gasteiger partial charge on any atom is -0.0168 e. The number of hydrogen-bond donors (Lipinski definition) is 0. The summed E-state index contributed by atoms with van der Waals surface area (Å²) in [6.07, 6.45) is 15.3. The number of rotatable bonds is 2. The molecule has 0 aromatic carbocycles. The van der Waals surface area contributed by atoms with E-state index in [0.717, 1.165) is 11.3 Å². The SMILES string of the molecule is C1CCCC([P]C2CCCC2)CC1. The second-order valence-corrected chi connectivity index (χ2v) is 6.49. The summed E-state index contributed by atoms with van der Waals surface area (Å²) in [5.41, 5.74) is 2.19. The molecule has 0 aromatic rings. The molecule has 0 spiro atoms. The second kappa shape index (κ2) is 5.35. The summed E-state index contributed by atoms with van der Waals surface area (Å²) in [6, 6.07) is 0. The van der Waals surface area contributed by atoms with E-state index in [1.165, 1.54) is 64.2 Å². The molecule has 0 heterocycles. The smallest absolute Gasteiger partial charge is 0.0168 e. The average Bonchev–Trinajstić information content (AvgIpc) is 2.49. The first-order chi connectivity index (χ1) is 6.45. The first-order valence-corrected chi connectivity index (χ1v) is 7.18. The minimum absolute atomic E-state index is 1.09. The monoisotopic (exact) mass is 197 g/mol. The summed E-state index contributed by atoms with van der Waals surface area (Å²) in [5, 5.41) is 0. The first-order valence-electron chi connectivity index (χ1n) is 6.15. The zero-order valence-corrected chi connectivity index (χ0v) is 9.57. The molecule has 0 amide bonds. The molecule has 0 aromatic heterocycles. The molecule has 0 aliphatic heterocycles. The summed E-state index contributed by atoms with van der Waals surface area (Å²) in [4.78, 5) is 0. The van der Waals surface area contributed by atoms with Crippen LogP contribution in [0.1, 0.15) is 64.2 Å². The summed E-state index contributed by atoms with van der Waals surface area (Å²) in [5.74, 6) is 0. The van der Waals surface area contributed by atoms with Gasteiger partial charge in [0.05, 0.1) is 0 Å². The zero-order chi connectivity index (χ0) is 8.93. The van der Waals surface area contributed by atoms with Crippen LogP contribution in [-0.4, -0.2) is 11.3 Å². The summed E-state index contributed by atoms with van der Waals surface area (Å²) in [6.45, 7) is 0. The van der Waals surface area contributed by atoms with Gasteiger partial charge in [-0.15, -0.1) is 0 Å². The molecule has 13 heavy (non-hydrogen) atoms. The van der Waals surface area contributed by atoms with Gasteiger partial charge >= 0.3 is 0 Å². The molecule has 0 unspecified atom stereocenters. The van der Waals surface area contributed by atoms with Crippen LogP contribution >= 0.6 is 8.58 Å². The normalized spacial score (nSPS) is 28.6. The van der Waals surface area contributed by atoms with Crippen LogP contribution in [0.25, 0.3) is 0 Å². The lowest BCUT2D eigenvalue weighted by molar-refractivity contribution is 0.702. The van der Waals surface area contributed by atoms with Crippen molar-refractivity contribution in [2.24, 2.45) is 0 Å². The molecular weight excluding hydrogens is 175 g/mol. The van der Waals surface area contributed by atoms with Crippen molar-refractivity contribution in [1.82, 2.24) is 0 Å². The molecule has 0 N–H and O–H groups in total. The van der Waals surface area contributed by atoms with Crippen LogP contribution in [0.5, 0.6) is 0 Å². The van der Waals surface area contributed by atoms with Crippen LogP contribution in [0.4, 0.5) is 0 Å². The first kappa shape index (κ1) is 9.97. The van der Waals surface area contributed by atoms with Crippen LogP contribution in [0.2, 0.25) is 0 Å². The predicted octanol–water partition coefficient (Wildman–Crippen LogP) is 4.60. The van der Waals surface area contributed by atoms with Gasteiger partial charge in [-0.2, -0.15) is 0 Å². The second-order valence-electron chi connectivity index (χ2n) is 4.73. The van der Waals surface area contributed by atoms with E-state index in [0.29, 0.717) is 0 Å². The average molecular weight is 197 g/mol. The fraction of sp³-hybridized carbons (Fsp3) is 1.00. The van der Waals surface area contributed by atoms with E-state index in [-0.39, 0.29) is 0 Å². The highest BCUT2D eigenvalue weighted by Crippen LogP contribution is 2.41. The molecule has 2 aliphatic rings. The Hall–Kier alpha value is 0.430. The van der Waals surface area contributed by atoms with Crippen LogP contribution in [0.3, 0.4) is 0 Å². The van der Waals surface area contributed by atoms with Gasteiger partial charge < -0.3 is 0 Å². The maximum atomic E-state index is 1.84. The Kier molecular flexibility index (Phi) is 4.10. The van der Waals surface area contributed by atoms with Gasteiger partial charge in [0.2, 0.25) is 0 Å². The summed E-state index contributed by atoms with van der Waals surface area (Å²) >= 11 is 0. The van der Waals surface area contributed by atoms with E-state index < -0.39 is 0 Å². The molecule has 2 fully saturated rings. The maximum absolute atomic E-state index is 1.84. The quantitative estimate of drug-likeness (QED) is 0.448. The van der Waals surface area contributed by atoms with E-state index in [1.54, 1.807) is 0 Å². The lowest BCUT2D eigenvalue weighted by Crippen LogP contribution is -2.04. The van der Waals surface area contributed by atoms with Gasteiger partial charge in [-0.25, -0.2) is 0 Å². The van der Waals surface area contributed by atoms with E-state index in [4.69, 9.17) is 0 Å². The highest BCUT2D eigenvalue weighted by Gasteiger charge is 2.21. The Bertz CT molecular complexity index is 130. The van der Waals surface area contributed by atoms with Gasteiger partial charge in [-0.3, -0.25) is 0 Å². The van der Waals surface area contributed by atoms with E-state index >= 15 is 0 Å². The molecule has 2 saturated carbocycles. The van der Waals surface area contributed by atoms with Gasteiger partial charge in [0.25, 0.3) is 0 Å². The van der Waals surface area contributed by atoms with Crippen molar-refractivity contribution >= 4 is 8.58 Å². The molecule has 0 saturated heterocycles. The third-order valence-electron chi connectivity index (χ3n) is 3.57.